The zero-order valence-electron chi connectivity index (χ0n) is 17.1. The van der Waals surface area contributed by atoms with Gasteiger partial charge in [0.2, 0.25) is 0 Å². The van der Waals surface area contributed by atoms with Gasteiger partial charge in [-0.1, -0.05) is 51.9 Å². The van der Waals surface area contributed by atoms with Crippen LogP contribution in [0.4, 0.5) is 13.2 Å². The zero-order chi connectivity index (χ0) is 20.5. The van der Waals surface area contributed by atoms with Crippen LogP contribution in [0.25, 0.3) is 0 Å². The Balaban J connectivity index is 1.96. The lowest BCUT2D eigenvalue weighted by atomic mass is 9.78. The van der Waals surface area contributed by atoms with Crippen LogP contribution in [-0.2, 0) is 6.67 Å². The lowest BCUT2D eigenvalue weighted by Gasteiger charge is -2.28. The third-order valence-electron chi connectivity index (χ3n) is 5.95. The smallest absolute Gasteiger partial charge is 0.265 e. The van der Waals surface area contributed by atoms with Gasteiger partial charge in [-0.25, -0.2) is 13.2 Å². The van der Waals surface area contributed by atoms with Gasteiger partial charge in [0.15, 0.2) is 5.78 Å². The molecule has 2 rings (SSSR count). The number of halogens is 3. The summed E-state index contributed by atoms with van der Waals surface area (Å²) < 4.78 is 45.9. The van der Waals surface area contributed by atoms with Crippen molar-refractivity contribution in [2.75, 3.05) is 6.61 Å². The van der Waals surface area contributed by atoms with Crippen LogP contribution in [0.3, 0.4) is 0 Å². The molecule has 1 aliphatic carbocycles. The highest BCUT2D eigenvalue weighted by atomic mass is 19.3. The maximum Gasteiger partial charge on any atom is 0.265 e. The molecule has 1 aliphatic rings. The van der Waals surface area contributed by atoms with Crippen LogP contribution in [0, 0.1) is 11.8 Å². The Morgan fingerprint density at radius 2 is 1.75 bits per heavy atom. The fraction of sp³-hybridized carbons (Fsp3) is 0.696. The summed E-state index contributed by atoms with van der Waals surface area (Å²) in [5.74, 6) is 1.25. The molecule has 0 aromatic heterocycles. The molecular weight excluding hydrogens is 365 g/mol. The third kappa shape index (κ3) is 5.99. The van der Waals surface area contributed by atoms with Gasteiger partial charge in [0.05, 0.1) is 6.61 Å². The normalized spacial score (nSPS) is 19.8. The number of carbonyl (C=O) groups is 1. The van der Waals surface area contributed by atoms with Crippen LogP contribution < -0.4 is 4.74 Å². The third-order valence-corrected chi connectivity index (χ3v) is 5.95. The molecule has 0 aliphatic heterocycles. The summed E-state index contributed by atoms with van der Waals surface area (Å²) in [5.41, 5.74) is -0.756. The van der Waals surface area contributed by atoms with Crippen molar-refractivity contribution in [3.63, 3.8) is 0 Å². The van der Waals surface area contributed by atoms with Crippen LogP contribution in [-0.4, -0.2) is 12.4 Å². The van der Waals surface area contributed by atoms with Crippen molar-refractivity contribution in [2.45, 2.75) is 84.7 Å². The number of benzene rings is 1. The van der Waals surface area contributed by atoms with E-state index >= 15 is 0 Å². The fourth-order valence-corrected chi connectivity index (χ4v) is 4.47. The molecule has 1 saturated carbocycles. The molecule has 0 unspecified atom stereocenters. The number of ether oxygens (including phenoxy) is 1. The van der Waals surface area contributed by atoms with Gasteiger partial charge in [0.25, 0.3) is 6.43 Å². The average Bonchev–Trinajstić information content (AvgIpc) is 2.69. The predicted octanol–water partition coefficient (Wildman–Crippen LogP) is 7.45. The molecule has 0 atom stereocenters. The average molecular weight is 399 g/mol. The van der Waals surface area contributed by atoms with E-state index in [1.807, 2.05) is 0 Å². The summed E-state index contributed by atoms with van der Waals surface area (Å²) in [4.78, 5) is 12.6. The summed E-state index contributed by atoms with van der Waals surface area (Å²) in [6.45, 7) is 3.11. The van der Waals surface area contributed by atoms with Gasteiger partial charge in [0, 0.05) is 23.1 Å². The number of alkyl halides is 3. The number of Topliss-reactive ketones (excluding diaryl/α,β-unsaturated/α-hetero) is 1. The summed E-state index contributed by atoms with van der Waals surface area (Å²) >= 11 is 0. The molecule has 0 N–H and O–H groups in total. The van der Waals surface area contributed by atoms with E-state index in [0.717, 1.165) is 12.3 Å². The van der Waals surface area contributed by atoms with E-state index in [2.05, 4.69) is 6.92 Å². The number of hydrogen-bond acceptors (Lipinski definition) is 2. The number of rotatable bonds is 11. The van der Waals surface area contributed by atoms with Crippen molar-refractivity contribution in [1.29, 1.82) is 0 Å². The van der Waals surface area contributed by atoms with E-state index in [-0.39, 0.29) is 35.7 Å². The second-order valence-electron chi connectivity index (χ2n) is 7.86. The summed E-state index contributed by atoms with van der Waals surface area (Å²) in [7, 11) is 0. The van der Waals surface area contributed by atoms with Gasteiger partial charge in [-0.05, 0) is 37.3 Å². The minimum absolute atomic E-state index is 0.0576. The van der Waals surface area contributed by atoms with Gasteiger partial charge >= 0.3 is 0 Å². The molecule has 0 radical (unpaired) electrons. The highest BCUT2D eigenvalue weighted by Gasteiger charge is 2.26. The second-order valence-corrected chi connectivity index (χ2v) is 7.86. The molecule has 5 heteroatoms. The van der Waals surface area contributed by atoms with Crippen molar-refractivity contribution in [1.82, 2.24) is 0 Å². The minimum atomic E-state index is -2.90. The Morgan fingerprint density at radius 3 is 2.29 bits per heavy atom. The van der Waals surface area contributed by atoms with Gasteiger partial charge in [0.1, 0.15) is 12.4 Å². The zero-order valence-corrected chi connectivity index (χ0v) is 17.1. The molecule has 1 aromatic rings. The first kappa shape index (κ1) is 22.8. The van der Waals surface area contributed by atoms with Gasteiger partial charge < -0.3 is 4.74 Å². The number of ketones is 1. The SMILES string of the molecule is CCCC1CCC(CCCC(=O)c2ccc(OCC)c(CF)c2C(F)F)CC1. The molecule has 0 heterocycles. The molecule has 158 valence electrons. The van der Waals surface area contributed by atoms with Gasteiger partial charge in [-0.2, -0.15) is 0 Å². The topological polar surface area (TPSA) is 26.3 Å². The molecule has 0 amide bonds. The highest BCUT2D eigenvalue weighted by molar-refractivity contribution is 5.98. The Bertz CT molecular complexity index is 623. The first-order valence-electron chi connectivity index (χ1n) is 10.7. The maximum atomic E-state index is 13.6. The van der Waals surface area contributed by atoms with E-state index in [1.54, 1.807) is 6.92 Å². The van der Waals surface area contributed by atoms with Crippen molar-refractivity contribution in [3.05, 3.63) is 28.8 Å². The molecule has 0 spiro atoms. The number of hydrogen-bond donors (Lipinski definition) is 0. The van der Waals surface area contributed by atoms with Crippen molar-refractivity contribution < 1.29 is 22.7 Å². The molecule has 1 aromatic carbocycles. The molecule has 2 nitrogen and oxygen atoms in total. The summed E-state index contributed by atoms with van der Waals surface area (Å²) in [6.07, 6.45) is 6.46. The first-order valence-corrected chi connectivity index (χ1v) is 10.7. The lowest BCUT2D eigenvalue weighted by Crippen LogP contribution is -2.15. The van der Waals surface area contributed by atoms with Gasteiger partial charge in [-0.3, -0.25) is 4.79 Å². The van der Waals surface area contributed by atoms with Crippen molar-refractivity contribution in [2.24, 2.45) is 11.8 Å². The van der Waals surface area contributed by atoms with Crippen LogP contribution in [0.15, 0.2) is 12.1 Å². The Morgan fingerprint density at radius 1 is 1.11 bits per heavy atom. The standard InChI is InChI=1S/C23H33F3O2/c1-3-6-16-9-11-17(12-10-16)7-5-8-20(27)18-13-14-21(28-4-2)19(15-24)22(18)23(25)26/h13-14,16-17,23H,3-12,15H2,1-2H3. The predicted molar refractivity (Wildman–Crippen MR) is 106 cm³/mol. The van der Waals surface area contributed by atoms with Crippen LogP contribution >= 0.6 is 0 Å². The maximum absolute atomic E-state index is 13.6. The summed E-state index contributed by atoms with van der Waals surface area (Å²) in [6, 6.07) is 2.80. The van der Waals surface area contributed by atoms with Crippen LogP contribution in [0.2, 0.25) is 0 Å². The fourth-order valence-electron chi connectivity index (χ4n) is 4.47. The van der Waals surface area contributed by atoms with E-state index in [4.69, 9.17) is 4.74 Å². The Kier molecular flexibility index (Phi) is 9.33. The Labute approximate surface area is 166 Å². The monoisotopic (exact) mass is 398 g/mol. The van der Waals surface area contributed by atoms with Crippen molar-refractivity contribution >= 4 is 5.78 Å². The van der Waals surface area contributed by atoms with Gasteiger partial charge in [-0.15, -0.1) is 0 Å². The highest BCUT2D eigenvalue weighted by Crippen LogP contribution is 2.36. The van der Waals surface area contributed by atoms with Crippen LogP contribution in [0.1, 0.15) is 99.5 Å². The van der Waals surface area contributed by atoms with E-state index < -0.39 is 18.7 Å². The Hall–Kier alpha value is -1.52. The van der Waals surface area contributed by atoms with Crippen LogP contribution in [0.5, 0.6) is 5.75 Å². The first-order chi connectivity index (χ1) is 13.5. The summed E-state index contributed by atoms with van der Waals surface area (Å²) in [5, 5.41) is 0. The quantitative estimate of drug-likeness (QED) is 0.362. The van der Waals surface area contributed by atoms with E-state index in [1.165, 1.54) is 50.7 Å². The lowest BCUT2D eigenvalue weighted by molar-refractivity contribution is 0.0960. The molecular formula is C23H33F3O2. The largest absolute Gasteiger partial charge is 0.493 e. The number of carbonyl (C=O) groups excluding carboxylic acids is 1. The molecule has 1 fully saturated rings. The van der Waals surface area contributed by atoms with E-state index in [0.29, 0.717) is 12.3 Å². The van der Waals surface area contributed by atoms with E-state index in [9.17, 15) is 18.0 Å². The molecule has 28 heavy (non-hydrogen) atoms. The second kappa shape index (κ2) is 11.5. The molecule has 0 bridgehead atoms. The molecule has 0 saturated heterocycles. The van der Waals surface area contributed by atoms with Crippen molar-refractivity contribution in [3.8, 4) is 5.75 Å². The minimum Gasteiger partial charge on any atom is -0.493 e.